The van der Waals surface area contributed by atoms with Gasteiger partial charge < -0.3 is 10.2 Å². The van der Waals surface area contributed by atoms with Crippen LogP contribution < -0.4 is 5.32 Å². The van der Waals surface area contributed by atoms with Crippen LogP contribution in [0.15, 0.2) is 0 Å². The average Bonchev–Trinajstić information content (AvgIpc) is 2.69. The first kappa shape index (κ1) is 13.8. The minimum Gasteiger partial charge on any atom is -0.344 e. The summed E-state index contributed by atoms with van der Waals surface area (Å²) < 4.78 is 0. The average molecular weight is 253 g/mol. The monoisotopic (exact) mass is 253 g/mol. The minimum absolute atomic E-state index is 0.157. The fraction of sp³-hybridized carbons (Fsp3) is 0.929. The third-order valence-corrected chi connectivity index (χ3v) is 4.43. The second kappa shape index (κ2) is 6.02. The summed E-state index contributed by atoms with van der Waals surface area (Å²) in [6.07, 6.45) is 3.38. The van der Waals surface area contributed by atoms with Crippen molar-refractivity contribution in [1.82, 2.24) is 15.1 Å². The molecule has 3 unspecified atom stereocenters. The number of rotatable bonds is 4. The summed E-state index contributed by atoms with van der Waals surface area (Å²) in [5.41, 5.74) is 0. The molecule has 2 aliphatic heterocycles. The van der Waals surface area contributed by atoms with Crippen LogP contribution in [0.2, 0.25) is 0 Å². The zero-order chi connectivity index (χ0) is 13.1. The summed E-state index contributed by atoms with van der Waals surface area (Å²) >= 11 is 0. The highest BCUT2D eigenvalue weighted by atomic mass is 16.2. The van der Waals surface area contributed by atoms with Crippen LogP contribution in [-0.2, 0) is 4.79 Å². The molecule has 0 spiro atoms. The fourth-order valence-corrected chi connectivity index (χ4v) is 3.24. The van der Waals surface area contributed by atoms with Gasteiger partial charge in [-0.2, -0.15) is 0 Å². The van der Waals surface area contributed by atoms with E-state index in [9.17, 15) is 4.79 Å². The maximum Gasteiger partial charge on any atom is 0.239 e. The van der Waals surface area contributed by atoms with Gasteiger partial charge in [-0.1, -0.05) is 13.8 Å². The van der Waals surface area contributed by atoms with E-state index in [-0.39, 0.29) is 6.04 Å². The lowest BCUT2D eigenvalue weighted by Gasteiger charge is -2.39. The van der Waals surface area contributed by atoms with E-state index in [4.69, 9.17) is 0 Å². The molecular formula is C14H27N3O. The molecule has 2 saturated heterocycles. The van der Waals surface area contributed by atoms with Crippen molar-refractivity contribution in [2.24, 2.45) is 5.92 Å². The van der Waals surface area contributed by atoms with Gasteiger partial charge in [-0.3, -0.25) is 9.69 Å². The summed E-state index contributed by atoms with van der Waals surface area (Å²) in [7, 11) is 1.92. The number of hydrogen-bond acceptors (Lipinski definition) is 3. The predicted octanol–water partition coefficient (Wildman–Crippen LogP) is 0.927. The highest BCUT2D eigenvalue weighted by Gasteiger charge is 2.37. The molecule has 4 nitrogen and oxygen atoms in total. The standard InChI is InChI=1S/C14H27N3O/c1-4-7-15-12-5-9-17(10-11(12)2)13-6-8-16(3)14(13)18/h11-13,15H,4-10H2,1-3H3. The van der Waals surface area contributed by atoms with Crippen LogP contribution in [0.4, 0.5) is 0 Å². The number of likely N-dealkylation sites (N-methyl/N-ethyl adjacent to an activating group) is 1. The Morgan fingerprint density at radius 3 is 2.67 bits per heavy atom. The Balaban J connectivity index is 1.86. The number of amides is 1. The molecule has 4 heteroatoms. The third kappa shape index (κ3) is 2.86. The van der Waals surface area contributed by atoms with Crippen molar-refractivity contribution >= 4 is 5.91 Å². The second-order valence-electron chi connectivity index (χ2n) is 5.89. The van der Waals surface area contributed by atoms with Crippen LogP contribution >= 0.6 is 0 Å². The topological polar surface area (TPSA) is 35.6 Å². The minimum atomic E-state index is 0.157. The first-order chi connectivity index (χ1) is 8.63. The van der Waals surface area contributed by atoms with Crippen LogP contribution in [0.3, 0.4) is 0 Å². The van der Waals surface area contributed by atoms with Crippen molar-refractivity contribution < 1.29 is 4.79 Å². The Morgan fingerprint density at radius 2 is 2.11 bits per heavy atom. The van der Waals surface area contributed by atoms with Gasteiger partial charge in [0.2, 0.25) is 5.91 Å². The first-order valence-corrected chi connectivity index (χ1v) is 7.36. The van der Waals surface area contributed by atoms with E-state index in [1.807, 2.05) is 11.9 Å². The molecule has 18 heavy (non-hydrogen) atoms. The van der Waals surface area contributed by atoms with Crippen LogP contribution in [0, 0.1) is 5.92 Å². The lowest BCUT2D eigenvalue weighted by Crippen LogP contribution is -2.53. The molecule has 2 heterocycles. The highest BCUT2D eigenvalue weighted by Crippen LogP contribution is 2.23. The van der Waals surface area contributed by atoms with Crippen molar-refractivity contribution in [1.29, 1.82) is 0 Å². The van der Waals surface area contributed by atoms with E-state index in [1.165, 1.54) is 12.8 Å². The van der Waals surface area contributed by atoms with Crippen molar-refractivity contribution in [3.8, 4) is 0 Å². The lowest BCUT2D eigenvalue weighted by atomic mass is 9.92. The second-order valence-corrected chi connectivity index (χ2v) is 5.89. The molecule has 104 valence electrons. The zero-order valence-electron chi connectivity index (χ0n) is 12.0. The molecule has 0 radical (unpaired) electrons. The molecule has 2 aliphatic rings. The molecule has 2 rings (SSSR count). The predicted molar refractivity (Wildman–Crippen MR) is 73.5 cm³/mol. The van der Waals surface area contributed by atoms with E-state index < -0.39 is 0 Å². The number of piperidine rings is 1. The molecule has 0 aromatic carbocycles. The number of likely N-dealkylation sites (tertiary alicyclic amines) is 2. The van der Waals surface area contributed by atoms with Gasteiger partial charge in [0, 0.05) is 32.7 Å². The number of carbonyl (C=O) groups excluding carboxylic acids is 1. The zero-order valence-corrected chi connectivity index (χ0v) is 12.0. The van der Waals surface area contributed by atoms with Gasteiger partial charge in [0.25, 0.3) is 0 Å². The smallest absolute Gasteiger partial charge is 0.239 e. The van der Waals surface area contributed by atoms with Gasteiger partial charge in [0.1, 0.15) is 0 Å². The molecule has 0 aromatic rings. The van der Waals surface area contributed by atoms with Gasteiger partial charge in [-0.15, -0.1) is 0 Å². The van der Waals surface area contributed by atoms with Crippen LogP contribution in [0.1, 0.15) is 33.1 Å². The van der Waals surface area contributed by atoms with Crippen molar-refractivity contribution in [2.75, 3.05) is 33.2 Å². The SMILES string of the molecule is CCCNC1CCN(C2CCN(C)C2=O)CC1C. The first-order valence-electron chi connectivity index (χ1n) is 7.36. The Labute approximate surface area is 111 Å². The Morgan fingerprint density at radius 1 is 1.33 bits per heavy atom. The van der Waals surface area contributed by atoms with Gasteiger partial charge >= 0.3 is 0 Å². The lowest BCUT2D eigenvalue weighted by molar-refractivity contribution is -0.131. The summed E-state index contributed by atoms with van der Waals surface area (Å²) in [5, 5.41) is 3.63. The van der Waals surface area contributed by atoms with E-state index in [1.54, 1.807) is 0 Å². The third-order valence-electron chi connectivity index (χ3n) is 4.43. The van der Waals surface area contributed by atoms with Crippen LogP contribution in [-0.4, -0.2) is 61.0 Å². The van der Waals surface area contributed by atoms with Gasteiger partial charge in [0.05, 0.1) is 6.04 Å². The Kier molecular flexibility index (Phi) is 4.62. The Bertz CT molecular complexity index is 295. The van der Waals surface area contributed by atoms with E-state index >= 15 is 0 Å². The summed E-state index contributed by atoms with van der Waals surface area (Å²) in [6.45, 7) is 8.68. The maximum absolute atomic E-state index is 12.0. The van der Waals surface area contributed by atoms with Crippen molar-refractivity contribution in [3.05, 3.63) is 0 Å². The van der Waals surface area contributed by atoms with E-state index in [0.29, 0.717) is 17.9 Å². The largest absolute Gasteiger partial charge is 0.344 e. The molecular weight excluding hydrogens is 226 g/mol. The molecule has 0 aliphatic carbocycles. The van der Waals surface area contributed by atoms with E-state index in [0.717, 1.165) is 32.6 Å². The summed E-state index contributed by atoms with van der Waals surface area (Å²) in [5.74, 6) is 0.964. The van der Waals surface area contributed by atoms with Crippen LogP contribution in [0.5, 0.6) is 0 Å². The number of nitrogens with zero attached hydrogens (tertiary/aromatic N) is 2. The molecule has 1 N–H and O–H groups in total. The van der Waals surface area contributed by atoms with Crippen LogP contribution in [0.25, 0.3) is 0 Å². The molecule has 3 atom stereocenters. The normalized spacial score (nSPS) is 34.3. The van der Waals surface area contributed by atoms with Crippen molar-refractivity contribution in [3.63, 3.8) is 0 Å². The van der Waals surface area contributed by atoms with Crippen molar-refractivity contribution in [2.45, 2.75) is 45.2 Å². The van der Waals surface area contributed by atoms with Gasteiger partial charge in [-0.25, -0.2) is 0 Å². The highest BCUT2D eigenvalue weighted by molar-refractivity contribution is 5.83. The number of hydrogen-bond donors (Lipinski definition) is 1. The Hall–Kier alpha value is -0.610. The molecule has 0 bridgehead atoms. The van der Waals surface area contributed by atoms with Gasteiger partial charge in [-0.05, 0) is 31.7 Å². The quantitative estimate of drug-likeness (QED) is 0.809. The number of nitrogens with one attached hydrogen (secondary N) is 1. The van der Waals surface area contributed by atoms with Gasteiger partial charge in [0.15, 0.2) is 0 Å². The molecule has 1 amide bonds. The summed E-state index contributed by atoms with van der Waals surface area (Å²) in [6, 6.07) is 0.792. The summed E-state index contributed by atoms with van der Waals surface area (Å²) in [4.78, 5) is 16.3. The molecule has 0 aromatic heterocycles. The number of carbonyl (C=O) groups is 1. The van der Waals surface area contributed by atoms with E-state index in [2.05, 4.69) is 24.1 Å². The maximum atomic E-state index is 12.0. The molecule has 2 fully saturated rings. The molecule has 0 saturated carbocycles. The fourth-order valence-electron chi connectivity index (χ4n) is 3.24.